The van der Waals surface area contributed by atoms with Crippen molar-refractivity contribution in [1.82, 2.24) is 0 Å². The SMILES string of the molecule is C=CC1=Cc2ccccc2OC1. The fourth-order valence-electron chi connectivity index (χ4n) is 1.25. The summed E-state index contributed by atoms with van der Waals surface area (Å²) in [6.07, 6.45) is 3.93. The monoisotopic (exact) mass is 158 g/mol. The fourth-order valence-corrected chi connectivity index (χ4v) is 1.25. The molecule has 0 fully saturated rings. The molecule has 0 aliphatic carbocycles. The average molecular weight is 158 g/mol. The molecule has 1 aliphatic heterocycles. The summed E-state index contributed by atoms with van der Waals surface area (Å²) in [6.45, 7) is 4.35. The van der Waals surface area contributed by atoms with Crippen LogP contribution in [0.4, 0.5) is 0 Å². The molecule has 1 aromatic carbocycles. The van der Waals surface area contributed by atoms with Gasteiger partial charge in [-0.05, 0) is 17.7 Å². The number of benzene rings is 1. The molecule has 1 nitrogen and oxygen atoms in total. The smallest absolute Gasteiger partial charge is 0.127 e. The highest BCUT2D eigenvalue weighted by Crippen LogP contribution is 2.25. The van der Waals surface area contributed by atoms with Crippen molar-refractivity contribution in [2.75, 3.05) is 6.61 Å². The van der Waals surface area contributed by atoms with Gasteiger partial charge >= 0.3 is 0 Å². The molecular formula is C11H10O. The quantitative estimate of drug-likeness (QED) is 0.610. The summed E-state index contributed by atoms with van der Waals surface area (Å²) in [5.74, 6) is 0.961. The minimum Gasteiger partial charge on any atom is -0.488 e. The van der Waals surface area contributed by atoms with Gasteiger partial charge in [0.2, 0.25) is 0 Å². The molecule has 0 amide bonds. The normalized spacial score (nSPS) is 14.2. The van der Waals surface area contributed by atoms with E-state index in [1.54, 1.807) is 0 Å². The summed E-state index contributed by atoms with van der Waals surface area (Å²) < 4.78 is 5.49. The van der Waals surface area contributed by atoms with Crippen LogP contribution in [0.2, 0.25) is 0 Å². The van der Waals surface area contributed by atoms with Crippen molar-refractivity contribution in [3.63, 3.8) is 0 Å². The maximum Gasteiger partial charge on any atom is 0.127 e. The van der Waals surface area contributed by atoms with E-state index in [2.05, 4.69) is 12.7 Å². The van der Waals surface area contributed by atoms with Crippen molar-refractivity contribution >= 4 is 6.08 Å². The predicted octanol–water partition coefficient (Wildman–Crippen LogP) is 2.65. The van der Waals surface area contributed by atoms with Gasteiger partial charge in [-0.3, -0.25) is 0 Å². The minimum absolute atomic E-state index is 0.639. The van der Waals surface area contributed by atoms with E-state index in [1.165, 1.54) is 0 Å². The molecule has 0 radical (unpaired) electrons. The van der Waals surface area contributed by atoms with Crippen LogP contribution < -0.4 is 4.74 Å². The first kappa shape index (κ1) is 7.17. The van der Waals surface area contributed by atoms with E-state index < -0.39 is 0 Å². The van der Waals surface area contributed by atoms with Crippen LogP contribution in [0.3, 0.4) is 0 Å². The van der Waals surface area contributed by atoms with Gasteiger partial charge in [0.05, 0.1) is 0 Å². The highest BCUT2D eigenvalue weighted by molar-refractivity contribution is 5.63. The summed E-state index contributed by atoms with van der Waals surface area (Å²) in [4.78, 5) is 0. The Kier molecular flexibility index (Phi) is 1.71. The lowest BCUT2D eigenvalue weighted by atomic mass is 10.1. The zero-order chi connectivity index (χ0) is 8.39. The zero-order valence-electron chi connectivity index (χ0n) is 6.79. The van der Waals surface area contributed by atoms with Crippen LogP contribution in [0.1, 0.15) is 5.56 Å². The van der Waals surface area contributed by atoms with Crippen molar-refractivity contribution in [2.45, 2.75) is 0 Å². The third kappa shape index (κ3) is 1.14. The van der Waals surface area contributed by atoms with Crippen molar-refractivity contribution in [3.8, 4) is 5.75 Å². The molecule has 60 valence electrons. The predicted molar refractivity (Wildman–Crippen MR) is 50.1 cm³/mol. The Morgan fingerprint density at radius 2 is 2.17 bits per heavy atom. The van der Waals surface area contributed by atoms with Gasteiger partial charge < -0.3 is 4.74 Å². The summed E-state index contributed by atoms with van der Waals surface area (Å²) in [7, 11) is 0. The first-order valence-corrected chi connectivity index (χ1v) is 3.95. The molecule has 1 aliphatic rings. The molecule has 0 aromatic heterocycles. The van der Waals surface area contributed by atoms with Gasteiger partial charge in [0, 0.05) is 5.56 Å². The summed E-state index contributed by atoms with van der Waals surface area (Å²) in [5.41, 5.74) is 2.27. The van der Waals surface area contributed by atoms with Crippen LogP contribution in [0.5, 0.6) is 5.75 Å². The van der Waals surface area contributed by atoms with Crippen LogP contribution in [0.25, 0.3) is 6.08 Å². The Hall–Kier alpha value is -1.50. The maximum absolute atomic E-state index is 5.49. The highest BCUT2D eigenvalue weighted by atomic mass is 16.5. The van der Waals surface area contributed by atoms with Gasteiger partial charge in [0.1, 0.15) is 12.4 Å². The summed E-state index contributed by atoms with van der Waals surface area (Å²) in [6, 6.07) is 8.00. The van der Waals surface area contributed by atoms with Gasteiger partial charge in [-0.25, -0.2) is 0 Å². The minimum atomic E-state index is 0.639. The Morgan fingerprint density at radius 3 is 3.00 bits per heavy atom. The second kappa shape index (κ2) is 2.86. The number of ether oxygens (including phenoxy) is 1. The molecule has 0 saturated heterocycles. The third-order valence-electron chi connectivity index (χ3n) is 1.92. The van der Waals surface area contributed by atoms with E-state index in [9.17, 15) is 0 Å². The second-order valence-corrected chi connectivity index (χ2v) is 2.75. The van der Waals surface area contributed by atoms with Gasteiger partial charge in [-0.1, -0.05) is 30.9 Å². The van der Waals surface area contributed by atoms with Gasteiger partial charge in [0.25, 0.3) is 0 Å². The molecule has 0 spiro atoms. The van der Waals surface area contributed by atoms with Crippen LogP contribution in [0, 0.1) is 0 Å². The molecular weight excluding hydrogens is 148 g/mol. The van der Waals surface area contributed by atoms with E-state index >= 15 is 0 Å². The molecule has 0 atom stereocenters. The van der Waals surface area contributed by atoms with E-state index in [0.29, 0.717) is 6.61 Å². The first-order valence-electron chi connectivity index (χ1n) is 3.95. The van der Waals surface area contributed by atoms with Crippen molar-refractivity contribution in [1.29, 1.82) is 0 Å². The number of hydrogen-bond donors (Lipinski definition) is 0. The van der Waals surface area contributed by atoms with E-state index in [1.807, 2.05) is 30.3 Å². The Bertz CT molecular complexity index is 337. The van der Waals surface area contributed by atoms with E-state index in [4.69, 9.17) is 4.74 Å². The Balaban J connectivity index is 2.47. The van der Waals surface area contributed by atoms with Crippen molar-refractivity contribution in [3.05, 3.63) is 48.1 Å². The number of fused-ring (bicyclic) bond motifs is 1. The lowest BCUT2D eigenvalue weighted by Gasteiger charge is -2.15. The molecule has 12 heavy (non-hydrogen) atoms. The average Bonchev–Trinajstić information content (AvgIpc) is 2.17. The van der Waals surface area contributed by atoms with Crippen molar-refractivity contribution in [2.24, 2.45) is 0 Å². The van der Waals surface area contributed by atoms with Gasteiger partial charge in [0.15, 0.2) is 0 Å². The van der Waals surface area contributed by atoms with Gasteiger partial charge in [-0.15, -0.1) is 0 Å². The van der Waals surface area contributed by atoms with Crippen molar-refractivity contribution < 1.29 is 4.74 Å². The summed E-state index contributed by atoms with van der Waals surface area (Å²) in [5, 5.41) is 0. The van der Waals surface area contributed by atoms with Crippen LogP contribution in [-0.4, -0.2) is 6.61 Å². The third-order valence-corrected chi connectivity index (χ3v) is 1.92. The lowest BCUT2D eigenvalue weighted by molar-refractivity contribution is 0.351. The first-order chi connectivity index (χ1) is 5.90. The molecule has 0 bridgehead atoms. The lowest BCUT2D eigenvalue weighted by Crippen LogP contribution is -2.04. The highest BCUT2D eigenvalue weighted by Gasteiger charge is 2.07. The molecule has 1 heteroatoms. The second-order valence-electron chi connectivity index (χ2n) is 2.75. The Morgan fingerprint density at radius 1 is 1.33 bits per heavy atom. The van der Waals surface area contributed by atoms with Crippen LogP contribution in [-0.2, 0) is 0 Å². The zero-order valence-corrected chi connectivity index (χ0v) is 6.79. The molecule has 2 rings (SSSR count). The van der Waals surface area contributed by atoms with Crippen LogP contribution in [0.15, 0.2) is 42.5 Å². The van der Waals surface area contributed by atoms with E-state index in [0.717, 1.165) is 16.9 Å². The molecule has 1 heterocycles. The Labute approximate surface area is 72.0 Å². The molecule has 0 saturated carbocycles. The number of para-hydroxylation sites is 1. The number of hydrogen-bond acceptors (Lipinski definition) is 1. The topological polar surface area (TPSA) is 9.23 Å². The summed E-state index contributed by atoms with van der Waals surface area (Å²) >= 11 is 0. The molecule has 1 aromatic rings. The molecule has 0 N–H and O–H groups in total. The standard InChI is InChI=1S/C11H10O/c1-2-9-7-10-5-3-4-6-11(10)12-8-9/h2-7H,1,8H2. The van der Waals surface area contributed by atoms with E-state index in [-0.39, 0.29) is 0 Å². The number of rotatable bonds is 1. The fraction of sp³-hybridized carbons (Fsp3) is 0.0909. The maximum atomic E-state index is 5.49. The molecule has 0 unspecified atom stereocenters. The largest absolute Gasteiger partial charge is 0.488 e. The van der Waals surface area contributed by atoms with Gasteiger partial charge in [-0.2, -0.15) is 0 Å². The van der Waals surface area contributed by atoms with Crippen LogP contribution >= 0.6 is 0 Å².